The summed E-state index contributed by atoms with van der Waals surface area (Å²) in [6.45, 7) is 8.64. The molecule has 0 amide bonds. The van der Waals surface area contributed by atoms with Gasteiger partial charge in [0.25, 0.3) is 0 Å². The van der Waals surface area contributed by atoms with Gasteiger partial charge in [-0.3, -0.25) is 9.69 Å². The molecule has 1 aromatic carbocycles. The van der Waals surface area contributed by atoms with Gasteiger partial charge in [-0.25, -0.2) is 4.79 Å². The van der Waals surface area contributed by atoms with E-state index in [9.17, 15) is 19.8 Å². The minimum atomic E-state index is -2.14. The van der Waals surface area contributed by atoms with E-state index in [0.29, 0.717) is 30.1 Å². The SMILES string of the molecule is COC1=C[C@]23CCCN2CCc2cc4c(cc2[C@@H]3C1OC(=O)C(O)(CCCC(C)(C)O)CC(=O)OC(C)C)OCO4. The summed E-state index contributed by atoms with van der Waals surface area (Å²) in [5.74, 6) is -0.0295. The van der Waals surface area contributed by atoms with Gasteiger partial charge in [0, 0.05) is 6.54 Å². The number of fused-ring (bicyclic) bond motifs is 3. The highest BCUT2D eigenvalue weighted by molar-refractivity contribution is 5.86. The van der Waals surface area contributed by atoms with Crippen molar-refractivity contribution in [3.63, 3.8) is 0 Å². The molecule has 2 unspecified atom stereocenters. The molecule has 3 heterocycles. The highest BCUT2D eigenvalue weighted by Crippen LogP contribution is 2.55. The number of carbonyl (C=O) groups excluding carboxylic acids is 2. The Hall–Kier alpha value is -2.82. The van der Waals surface area contributed by atoms with Crippen molar-refractivity contribution < 1.29 is 43.5 Å². The number of methoxy groups -OCH3 is 1. The van der Waals surface area contributed by atoms with Crippen LogP contribution in [0.1, 0.15) is 83.3 Å². The number of ether oxygens (including phenoxy) is 5. The summed E-state index contributed by atoms with van der Waals surface area (Å²) in [5.41, 5.74) is -1.45. The van der Waals surface area contributed by atoms with Crippen molar-refractivity contribution in [2.75, 3.05) is 27.0 Å². The Balaban J connectivity index is 1.49. The number of carbonyl (C=O) groups is 2. The van der Waals surface area contributed by atoms with Crippen LogP contribution >= 0.6 is 0 Å². The van der Waals surface area contributed by atoms with E-state index in [0.717, 1.165) is 43.5 Å². The fraction of sp³-hybridized carbons (Fsp3) is 0.677. The van der Waals surface area contributed by atoms with Gasteiger partial charge in [0.2, 0.25) is 6.79 Å². The van der Waals surface area contributed by atoms with E-state index in [-0.39, 0.29) is 19.1 Å². The minimum absolute atomic E-state index is 0.0705. The van der Waals surface area contributed by atoms with Crippen LogP contribution in [0.15, 0.2) is 24.0 Å². The van der Waals surface area contributed by atoms with E-state index in [1.165, 1.54) is 0 Å². The molecule has 10 heteroatoms. The fourth-order valence-corrected chi connectivity index (χ4v) is 6.94. The normalized spacial score (nSPS) is 26.4. The van der Waals surface area contributed by atoms with E-state index >= 15 is 0 Å². The third-order valence-electron chi connectivity index (χ3n) is 8.76. The summed E-state index contributed by atoms with van der Waals surface area (Å²) in [4.78, 5) is 29.0. The first-order valence-corrected chi connectivity index (χ1v) is 14.6. The molecule has 1 fully saturated rings. The summed E-state index contributed by atoms with van der Waals surface area (Å²) in [6.07, 6.45) is 3.53. The van der Waals surface area contributed by atoms with Gasteiger partial charge in [-0.15, -0.1) is 0 Å². The van der Waals surface area contributed by atoms with Crippen LogP contribution in [0.2, 0.25) is 0 Å². The van der Waals surface area contributed by atoms with Gasteiger partial charge in [0.05, 0.1) is 36.7 Å². The van der Waals surface area contributed by atoms with E-state index in [2.05, 4.69) is 11.0 Å². The number of hydrogen-bond acceptors (Lipinski definition) is 10. The Morgan fingerprint density at radius 1 is 1.15 bits per heavy atom. The average molecular weight is 574 g/mol. The highest BCUT2D eigenvalue weighted by Gasteiger charge is 2.59. The summed E-state index contributed by atoms with van der Waals surface area (Å²) < 4.78 is 28.7. The molecule has 226 valence electrons. The van der Waals surface area contributed by atoms with Crippen molar-refractivity contribution in [2.24, 2.45) is 0 Å². The van der Waals surface area contributed by atoms with Crippen LogP contribution < -0.4 is 9.47 Å². The second-order valence-corrected chi connectivity index (χ2v) is 12.7. The van der Waals surface area contributed by atoms with Crippen molar-refractivity contribution in [3.8, 4) is 11.5 Å². The number of esters is 2. The molecule has 4 atom stereocenters. The topological polar surface area (TPSA) is 124 Å². The van der Waals surface area contributed by atoms with Crippen LogP contribution in [0, 0.1) is 0 Å². The molecule has 1 aliphatic carbocycles. The van der Waals surface area contributed by atoms with E-state index < -0.39 is 47.3 Å². The van der Waals surface area contributed by atoms with Gasteiger partial charge in [0.15, 0.2) is 23.2 Å². The zero-order chi connectivity index (χ0) is 29.6. The molecular weight excluding hydrogens is 530 g/mol. The van der Waals surface area contributed by atoms with Gasteiger partial charge >= 0.3 is 11.9 Å². The first-order valence-electron chi connectivity index (χ1n) is 14.6. The lowest BCUT2D eigenvalue weighted by Gasteiger charge is -2.39. The maximum atomic E-state index is 13.9. The van der Waals surface area contributed by atoms with Gasteiger partial charge in [-0.2, -0.15) is 0 Å². The third kappa shape index (κ3) is 5.79. The lowest BCUT2D eigenvalue weighted by atomic mass is 9.77. The first-order chi connectivity index (χ1) is 19.3. The third-order valence-corrected chi connectivity index (χ3v) is 8.76. The number of benzene rings is 1. The van der Waals surface area contributed by atoms with Gasteiger partial charge in [0.1, 0.15) is 5.76 Å². The average Bonchev–Trinajstić information content (AvgIpc) is 3.56. The predicted molar refractivity (Wildman–Crippen MR) is 148 cm³/mol. The van der Waals surface area contributed by atoms with E-state index in [1.807, 2.05) is 12.1 Å². The van der Waals surface area contributed by atoms with E-state index in [1.54, 1.807) is 34.8 Å². The van der Waals surface area contributed by atoms with Crippen LogP contribution in [-0.2, 0) is 30.2 Å². The largest absolute Gasteiger partial charge is 0.497 e. The predicted octanol–water partition coefficient (Wildman–Crippen LogP) is 3.36. The van der Waals surface area contributed by atoms with Crippen LogP contribution in [0.3, 0.4) is 0 Å². The smallest absolute Gasteiger partial charge is 0.339 e. The first kappa shape index (κ1) is 29.7. The second-order valence-electron chi connectivity index (χ2n) is 12.7. The summed E-state index contributed by atoms with van der Waals surface area (Å²) >= 11 is 0. The Morgan fingerprint density at radius 2 is 1.88 bits per heavy atom. The van der Waals surface area contributed by atoms with Crippen molar-refractivity contribution in [1.82, 2.24) is 4.90 Å². The monoisotopic (exact) mass is 573 g/mol. The summed E-state index contributed by atoms with van der Waals surface area (Å²) in [7, 11) is 1.56. The molecule has 0 radical (unpaired) electrons. The Morgan fingerprint density at radius 3 is 2.56 bits per heavy atom. The summed E-state index contributed by atoms with van der Waals surface area (Å²) in [6, 6.07) is 4.01. The molecule has 10 nitrogen and oxygen atoms in total. The highest BCUT2D eigenvalue weighted by atomic mass is 16.7. The Bertz CT molecular complexity index is 1200. The molecule has 41 heavy (non-hydrogen) atoms. The molecule has 5 rings (SSSR count). The lowest BCUT2D eigenvalue weighted by Crippen LogP contribution is -2.49. The van der Waals surface area contributed by atoms with Crippen LogP contribution in [0.25, 0.3) is 0 Å². The maximum Gasteiger partial charge on any atom is 0.339 e. The van der Waals surface area contributed by atoms with Crippen LogP contribution in [0.5, 0.6) is 11.5 Å². The number of hydrogen-bond donors (Lipinski definition) is 2. The zero-order valence-corrected chi connectivity index (χ0v) is 24.7. The molecule has 2 N–H and O–H groups in total. The van der Waals surface area contributed by atoms with Crippen LogP contribution in [0.4, 0.5) is 0 Å². The Kier molecular flexibility index (Phi) is 8.04. The van der Waals surface area contributed by atoms with Gasteiger partial charge in [-0.05, 0) is 102 Å². The minimum Gasteiger partial charge on any atom is -0.497 e. The van der Waals surface area contributed by atoms with Crippen molar-refractivity contribution in [1.29, 1.82) is 0 Å². The molecule has 1 saturated heterocycles. The van der Waals surface area contributed by atoms with Gasteiger partial charge < -0.3 is 33.9 Å². The van der Waals surface area contributed by atoms with Crippen LogP contribution in [-0.4, -0.2) is 83.0 Å². The molecule has 1 aromatic rings. The quantitative estimate of drug-likeness (QED) is 0.403. The maximum absolute atomic E-state index is 13.9. The number of nitrogens with zero attached hydrogens (tertiary/aromatic N) is 1. The zero-order valence-electron chi connectivity index (χ0n) is 24.7. The molecule has 0 bridgehead atoms. The second kappa shape index (κ2) is 11.1. The lowest BCUT2D eigenvalue weighted by molar-refractivity contribution is -0.180. The Labute approximate surface area is 241 Å². The molecule has 0 aromatic heterocycles. The van der Waals surface area contributed by atoms with Crippen molar-refractivity contribution in [2.45, 2.75) is 108 Å². The molecular formula is C31H43NO9. The fourth-order valence-electron chi connectivity index (χ4n) is 6.94. The van der Waals surface area contributed by atoms with E-state index in [4.69, 9.17) is 23.7 Å². The standard InChI is InChI=1S/C31H43NO9/c1-19(2)40-25(33)17-31(36,11-6-9-29(3,4)35)28(34)41-27-24(37-5)16-30-10-7-12-32(30)13-8-20-14-22-23(39-18-38-22)15-21(20)26(27)30/h14-16,19,26-27,35-36H,6-13,17-18H2,1-5H3/t26-,27?,30+,31?/m1/s1. The van der Waals surface area contributed by atoms with Crippen molar-refractivity contribution >= 4 is 11.9 Å². The molecule has 3 aliphatic heterocycles. The number of rotatable bonds is 10. The molecule has 1 spiro atoms. The summed E-state index contributed by atoms with van der Waals surface area (Å²) in [5, 5.41) is 21.9. The van der Waals surface area contributed by atoms with Crippen molar-refractivity contribution in [3.05, 3.63) is 35.1 Å². The molecule has 0 saturated carbocycles. The number of aliphatic hydroxyl groups is 2. The molecule has 4 aliphatic rings. The van der Waals surface area contributed by atoms with Gasteiger partial charge in [-0.1, -0.05) is 0 Å².